The van der Waals surface area contributed by atoms with E-state index in [-0.39, 0.29) is 16.4 Å². The summed E-state index contributed by atoms with van der Waals surface area (Å²) in [5.74, 6) is -0.521. The molecule has 5 heteroatoms. The SMILES string of the molecule is Nc1c(F)cccc1N1CC(Br)CC1=O. The van der Waals surface area contributed by atoms with Gasteiger partial charge in [0.05, 0.1) is 11.4 Å². The van der Waals surface area contributed by atoms with Crippen molar-refractivity contribution in [3.05, 3.63) is 24.0 Å². The minimum absolute atomic E-state index is 0.0332. The first-order valence-corrected chi connectivity index (χ1v) is 5.49. The van der Waals surface area contributed by atoms with Crippen molar-refractivity contribution < 1.29 is 9.18 Å². The highest BCUT2D eigenvalue weighted by molar-refractivity contribution is 9.09. The molecule has 0 radical (unpaired) electrons. The number of hydrogen-bond acceptors (Lipinski definition) is 2. The van der Waals surface area contributed by atoms with Gasteiger partial charge in [-0.05, 0) is 12.1 Å². The number of para-hydroxylation sites is 1. The van der Waals surface area contributed by atoms with Crippen molar-refractivity contribution in [2.45, 2.75) is 11.2 Å². The number of alkyl halides is 1. The summed E-state index contributed by atoms with van der Waals surface area (Å²) in [6, 6.07) is 4.49. The Balaban J connectivity index is 2.38. The minimum Gasteiger partial charge on any atom is -0.395 e. The number of nitrogens with zero attached hydrogens (tertiary/aromatic N) is 1. The molecule has 1 unspecified atom stereocenters. The van der Waals surface area contributed by atoms with Crippen molar-refractivity contribution in [1.29, 1.82) is 0 Å². The average molecular weight is 273 g/mol. The van der Waals surface area contributed by atoms with Crippen molar-refractivity contribution in [3.63, 3.8) is 0 Å². The summed E-state index contributed by atoms with van der Waals surface area (Å²) in [5.41, 5.74) is 6.08. The lowest BCUT2D eigenvalue weighted by atomic mass is 10.2. The molecule has 15 heavy (non-hydrogen) atoms. The molecule has 1 aliphatic heterocycles. The molecular weight excluding hydrogens is 263 g/mol. The minimum atomic E-state index is -0.488. The summed E-state index contributed by atoms with van der Waals surface area (Å²) in [5, 5.41) is 0. The van der Waals surface area contributed by atoms with Crippen LogP contribution < -0.4 is 10.6 Å². The first kappa shape index (κ1) is 10.4. The van der Waals surface area contributed by atoms with Gasteiger partial charge in [0, 0.05) is 17.8 Å². The van der Waals surface area contributed by atoms with E-state index in [9.17, 15) is 9.18 Å². The third-order valence-electron chi connectivity index (χ3n) is 2.40. The Hall–Kier alpha value is -1.10. The number of amides is 1. The molecule has 0 aliphatic carbocycles. The predicted octanol–water partition coefficient (Wildman–Crippen LogP) is 1.91. The van der Waals surface area contributed by atoms with Crippen LogP contribution in [-0.4, -0.2) is 17.3 Å². The molecule has 1 heterocycles. The standard InChI is InChI=1S/C10H10BrFN2O/c11-6-4-9(15)14(5-6)8-3-1-2-7(12)10(8)13/h1-3,6H,4-5,13H2. The van der Waals surface area contributed by atoms with Gasteiger partial charge in [0.25, 0.3) is 0 Å². The molecule has 2 rings (SSSR count). The molecule has 1 aromatic rings. The van der Waals surface area contributed by atoms with E-state index in [1.54, 1.807) is 12.1 Å². The third-order valence-corrected chi connectivity index (χ3v) is 3.01. The van der Waals surface area contributed by atoms with Crippen molar-refractivity contribution in [3.8, 4) is 0 Å². The van der Waals surface area contributed by atoms with Gasteiger partial charge in [0.2, 0.25) is 5.91 Å². The van der Waals surface area contributed by atoms with Crippen LogP contribution in [0.4, 0.5) is 15.8 Å². The van der Waals surface area contributed by atoms with E-state index < -0.39 is 5.82 Å². The third kappa shape index (κ3) is 1.84. The second-order valence-electron chi connectivity index (χ2n) is 3.48. The largest absolute Gasteiger partial charge is 0.395 e. The number of rotatable bonds is 1. The Kier molecular flexibility index (Phi) is 2.65. The lowest BCUT2D eigenvalue weighted by Crippen LogP contribution is -2.25. The first-order valence-electron chi connectivity index (χ1n) is 4.58. The number of benzene rings is 1. The molecule has 1 atom stereocenters. The summed E-state index contributed by atoms with van der Waals surface area (Å²) < 4.78 is 13.2. The molecular formula is C10H10BrFN2O. The zero-order valence-corrected chi connectivity index (χ0v) is 9.50. The summed E-state index contributed by atoms with van der Waals surface area (Å²) in [4.78, 5) is 13.2. The molecule has 2 N–H and O–H groups in total. The van der Waals surface area contributed by atoms with Gasteiger partial charge < -0.3 is 10.6 Å². The highest BCUT2D eigenvalue weighted by atomic mass is 79.9. The van der Waals surface area contributed by atoms with Crippen LogP contribution in [0.15, 0.2) is 18.2 Å². The van der Waals surface area contributed by atoms with E-state index in [1.807, 2.05) is 0 Å². The number of nitrogen functional groups attached to an aromatic ring is 1. The average Bonchev–Trinajstić information content (AvgIpc) is 2.50. The maximum atomic E-state index is 13.2. The van der Waals surface area contributed by atoms with E-state index in [0.29, 0.717) is 18.7 Å². The van der Waals surface area contributed by atoms with E-state index in [0.717, 1.165) is 0 Å². The number of nitrogens with two attached hydrogens (primary N) is 1. The second-order valence-corrected chi connectivity index (χ2v) is 4.77. The maximum absolute atomic E-state index is 13.2. The Labute approximate surface area is 95.2 Å². The fraction of sp³-hybridized carbons (Fsp3) is 0.300. The lowest BCUT2D eigenvalue weighted by Gasteiger charge is -2.18. The first-order chi connectivity index (χ1) is 7.09. The Morgan fingerprint density at radius 2 is 2.27 bits per heavy atom. The zero-order chi connectivity index (χ0) is 11.0. The van der Waals surface area contributed by atoms with Gasteiger partial charge in [0.15, 0.2) is 0 Å². The van der Waals surface area contributed by atoms with Gasteiger partial charge in [-0.1, -0.05) is 22.0 Å². The van der Waals surface area contributed by atoms with Crippen LogP contribution in [0.1, 0.15) is 6.42 Å². The topological polar surface area (TPSA) is 46.3 Å². The lowest BCUT2D eigenvalue weighted by molar-refractivity contribution is -0.117. The van der Waals surface area contributed by atoms with E-state index >= 15 is 0 Å². The number of hydrogen-bond donors (Lipinski definition) is 1. The van der Waals surface area contributed by atoms with Gasteiger partial charge in [-0.3, -0.25) is 4.79 Å². The predicted molar refractivity (Wildman–Crippen MR) is 60.5 cm³/mol. The highest BCUT2D eigenvalue weighted by Crippen LogP contribution is 2.30. The smallest absolute Gasteiger partial charge is 0.228 e. The monoisotopic (exact) mass is 272 g/mol. The molecule has 1 saturated heterocycles. The van der Waals surface area contributed by atoms with Crippen molar-refractivity contribution in [1.82, 2.24) is 0 Å². The summed E-state index contributed by atoms with van der Waals surface area (Å²) in [7, 11) is 0. The number of carbonyl (C=O) groups is 1. The fourth-order valence-corrected chi connectivity index (χ4v) is 2.22. The summed E-state index contributed by atoms with van der Waals surface area (Å²) >= 11 is 3.36. The number of halogens is 2. The van der Waals surface area contributed by atoms with E-state index in [4.69, 9.17) is 5.73 Å². The van der Waals surface area contributed by atoms with Gasteiger partial charge >= 0.3 is 0 Å². The zero-order valence-electron chi connectivity index (χ0n) is 7.91. The van der Waals surface area contributed by atoms with Gasteiger partial charge in [-0.25, -0.2) is 4.39 Å². The van der Waals surface area contributed by atoms with E-state index in [2.05, 4.69) is 15.9 Å². The molecule has 3 nitrogen and oxygen atoms in total. The van der Waals surface area contributed by atoms with E-state index in [1.165, 1.54) is 11.0 Å². The summed E-state index contributed by atoms with van der Waals surface area (Å²) in [6.07, 6.45) is 0.427. The second kappa shape index (κ2) is 3.81. The van der Waals surface area contributed by atoms with Crippen LogP contribution in [0.25, 0.3) is 0 Å². The molecule has 1 aliphatic rings. The summed E-state index contributed by atoms with van der Waals surface area (Å²) in [6.45, 7) is 0.534. The highest BCUT2D eigenvalue weighted by Gasteiger charge is 2.30. The van der Waals surface area contributed by atoms with Crippen molar-refractivity contribution >= 4 is 33.2 Å². The van der Waals surface area contributed by atoms with Crippen LogP contribution in [0.3, 0.4) is 0 Å². The molecule has 1 amide bonds. The Morgan fingerprint density at radius 3 is 2.87 bits per heavy atom. The number of carbonyl (C=O) groups excluding carboxylic acids is 1. The van der Waals surface area contributed by atoms with Crippen LogP contribution in [0, 0.1) is 5.82 Å². The molecule has 0 spiro atoms. The van der Waals surface area contributed by atoms with Crippen molar-refractivity contribution in [2.75, 3.05) is 17.2 Å². The van der Waals surface area contributed by atoms with Crippen LogP contribution in [0.2, 0.25) is 0 Å². The van der Waals surface area contributed by atoms with Crippen LogP contribution in [-0.2, 0) is 4.79 Å². The molecule has 0 saturated carbocycles. The maximum Gasteiger partial charge on any atom is 0.228 e. The van der Waals surface area contributed by atoms with Gasteiger partial charge in [-0.15, -0.1) is 0 Å². The molecule has 1 aromatic carbocycles. The molecule has 80 valence electrons. The molecule has 0 bridgehead atoms. The normalized spacial score (nSPS) is 21.1. The van der Waals surface area contributed by atoms with Crippen molar-refractivity contribution in [2.24, 2.45) is 0 Å². The molecule has 1 fully saturated rings. The quantitative estimate of drug-likeness (QED) is 0.627. The van der Waals surface area contributed by atoms with Crippen LogP contribution in [0.5, 0.6) is 0 Å². The Morgan fingerprint density at radius 1 is 1.53 bits per heavy atom. The fourth-order valence-electron chi connectivity index (χ4n) is 1.66. The Bertz CT molecular complexity index is 410. The van der Waals surface area contributed by atoms with Crippen LogP contribution >= 0.6 is 15.9 Å². The van der Waals surface area contributed by atoms with Gasteiger partial charge in [0.1, 0.15) is 5.82 Å². The molecule has 0 aromatic heterocycles. The number of anilines is 2. The van der Waals surface area contributed by atoms with Gasteiger partial charge in [-0.2, -0.15) is 0 Å².